The summed E-state index contributed by atoms with van der Waals surface area (Å²) in [4.78, 5) is 58.1. The molecule has 3 aromatic heterocycles. The fourth-order valence-corrected chi connectivity index (χ4v) is 5.02. The Labute approximate surface area is 304 Å². The lowest BCUT2D eigenvalue weighted by Crippen LogP contribution is -2.25. The van der Waals surface area contributed by atoms with E-state index in [-0.39, 0.29) is 41.8 Å². The molecule has 1 unspecified atom stereocenters. The van der Waals surface area contributed by atoms with Gasteiger partial charge in [-0.15, -0.1) is 0 Å². The van der Waals surface area contributed by atoms with Gasteiger partial charge in [-0.3, -0.25) is 14.4 Å². The van der Waals surface area contributed by atoms with E-state index in [2.05, 4.69) is 40.9 Å². The molecule has 4 heterocycles. The van der Waals surface area contributed by atoms with Gasteiger partial charge >= 0.3 is 0 Å². The summed E-state index contributed by atoms with van der Waals surface area (Å²) >= 11 is 0. The van der Waals surface area contributed by atoms with Crippen LogP contribution in [-0.2, 0) is 25.0 Å². The minimum absolute atomic E-state index is 0.00722. The van der Waals surface area contributed by atoms with Crippen LogP contribution in [0.15, 0.2) is 82.0 Å². The van der Waals surface area contributed by atoms with Crippen molar-refractivity contribution in [3.8, 4) is 0 Å². The maximum Gasteiger partial charge on any atom is 0.270 e. The first-order valence-electron chi connectivity index (χ1n) is 16.0. The van der Waals surface area contributed by atoms with Crippen LogP contribution < -0.4 is 16.2 Å². The quantitative estimate of drug-likeness (QED) is 0.0854. The van der Waals surface area contributed by atoms with Crippen LogP contribution in [0.4, 0.5) is 17.6 Å². The number of aryl methyl sites for hydroxylation is 3. The Hall–Kier alpha value is -6.85. The standard InChI is InChI=1S/C22H19F2N5O3.C14H12F2N4O2/c1-12-26-17(18-9-20(32-28-18)14-4-6-21(30)29(2)11-14)8-19(27-12)22(31)25-10-13-3-5-15(23)16(24)7-13;1-8-19-10(7-18-22)5-13(20-8)14(21)17-6-9-2-3-11(15)12(16)4-9/h3-8,11,20H,9-10H2,1-2H3,(H,25,31);2-5,7,22H,6H2,1H3,(H,17,21)/b;18-7+. The smallest absolute Gasteiger partial charge is 0.270 e. The number of nitrogens with one attached hydrogen (secondary N) is 2. The Kier molecular flexibility index (Phi) is 12.2. The van der Waals surface area contributed by atoms with E-state index in [1.807, 2.05) is 0 Å². The fourth-order valence-electron chi connectivity index (χ4n) is 5.02. The lowest BCUT2D eigenvalue weighted by Gasteiger charge is -2.09. The third-order valence-corrected chi connectivity index (χ3v) is 7.67. The van der Waals surface area contributed by atoms with Crippen LogP contribution in [0.2, 0.25) is 0 Å². The maximum absolute atomic E-state index is 13.4. The first-order valence-corrected chi connectivity index (χ1v) is 16.0. The maximum atomic E-state index is 13.4. The van der Waals surface area contributed by atoms with E-state index < -0.39 is 35.1 Å². The monoisotopic (exact) mass is 745 g/mol. The SMILES string of the molecule is Cc1nc(/C=N/O)cc(C(=O)NCc2ccc(F)c(F)c2)n1.Cc1nc(C(=O)NCc2ccc(F)c(F)c2)cc(C2=NOC(c3ccc(=O)n(C)c3)C2)n1. The number of nitrogens with zero attached hydrogens (tertiary/aromatic N) is 7. The number of hydrogen-bond donors (Lipinski definition) is 3. The summed E-state index contributed by atoms with van der Waals surface area (Å²) in [6.07, 6.45) is 2.79. The van der Waals surface area contributed by atoms with Crippen molar-refractivity contribution < 1.29 is 37.2 Å². The van der Waals surface area contributed by atoms with Gasteiger partial charge in [-0.1, -0.05) is 22.4 Å². The predicted octanol–water partition coefficient (Wildman–Crippen LogP) is 4.36. The summed E-state index contributed by atoms with van der Waals surface area (Å²) in [6.45, 7) is 3.26. The zero-order valence-electron chi connectivity index (χ0n) is 28.8. The number of halogens is 4. The minimum atomic E-state index is -0.982. The van der Waals surface area contributed by atoms with Crippen molar-refractivity contribution in [1.82, 2.24) is 35.1 Å². The first kappa shape index (κ1) is 38.4. The molecular weight excluding hydrogens is 714 g/mol. The van der Waals surface area contributed by atoms with E-state index in [4.69, 9.17) is 10.0 Å². The van der Waals surface area contributed by atoms with E-state index >= 15 is 0 Å². The van der Waals surface area contributed by atoms with Crippen molar-refractivity contribution in [1.29, 1.82) is 0 Å². The Morgan fingerprint density at radius 3 is 1.96 bits per heavy atom. The molecule has 0 bridgehead atoms. The van der Waals surface area contributed by atoms with Crippen LogP contribution >= 0.6 is 0 Å². The van der Waals surface area contributed by atoms with Crippen LogP contribution in [-0.4, -0.2) is 53.5 Å². The highest BCUT2D eigenvalue weighted by atomic mass is 19.2. The normalized spacial score (nSPS) is 13.5. The molecular formula is C36H31F4N9O5. The lowest BCUT2D eigenvalue weighted by molar-refractivity contribution is 0.0852. The Bertz CT molecular complexity index is 2340. The van der Waals surface area contributed by atoms with Crippen LogP contribution in [0.25, 0.3) is 0 Å². The van der Waals surface area contributed by atoms with Gasteiger partial charge in [-0.05, 0) is 67.4 Å². The summed E-state index contributed by atoms with van der Waals surface area (Å²) < 4.78 is 53.7. The molecule has 0 spiro atoms. The zero-order valence-corrected chi connectivity index (χ0v) is 28.8. The highest BCUT2D eigenvalue weighted by molar-refractivity contribution is 6.02. The molecule has 0 fully saturated rings. The molecule has 5 aromatic rings. The van der Waals surface area contributed by atoms with Gasteiger partial charge in [0.15, 0.2) is 29.4 Å². The van der Waals surface area contributed by atoms with Gasteiger partial charge in [-0.25, -0.2) is 37.5 Å². The van der Waals surface area contributed by atoms with E-state index in [0.29, 0.717) is 40.6 Å². The van der Waals surface area contributed by atoms with Crippen molar-refractivity contribution in [3.63, 3.8) is 0 Å². The molecule has 3 N–H and O–H groups in total. The van der Waals surface area contributed by atoms with E-state index in [1.54, 1.807) is 33.2 Å². The van der Waals surface area contributed by atoms with Gasteiger partial charge in [0.2, 0.25) is 5.56 Å². The summed E-state index contributed by atoms with van der Waals surface area (Å²) in [5.74, 6) is -4.17. The Morgan fingerprint density at radius 2 is 1.41 bits per heavy atom. The number of aromatic nitrogens is 5. The zero-order chi connectivity index (χ0) is 38.9. The largest absolute Gasteiger partial charge is 0.411 e. The molecule has 1 aliphatic rings. The summed E-state index contributed by atoms with van der Waals surface area (Å²) in [5, 5.41) is 20.6. The average Bonchev–Trinajstić information content (AvgIpc) is 3.64. The van der Waals surface area contributed by atoms with E-state index in [9.17, 15) is 31.9 Å². The third kappa shape index (κ3) is 9.93. The second-order valence-corrected chi connectivity index (χ2v) is 11.8. The molecule has 18 heteroatoms. The Morgan fingerprint density at radius 1 is 0.833 bits per heavy atom. The van der Waals surface area contributed by atoms with Gasteiger partial charge < -0.3 is 25.2 Å². The molecule has 0 saturated heterocycles. The van der Waals surface area contributed by atoms with Crippen molar-refractivity contribution in [2.75, 3.05) is 0 Å². The van der Waals surface area contributed by atoms with Crippen LogP contribution in [0.1, 0.15) is 73.2 Å². The number of carbonyl (C=O) groups excluding carboxylic acids is 2. The van der Waals surface area contributed by atoms with Gasteiger partial charge in [0.1, 0.15) is 28.7 Å². The molecule has 0 saturated carbocycles. The molecule has 0 aliphatic carbocycles. The summed E-state index contributed by atoms with van der Waals surface area (Å²) in [7, 11) is 1.65. The molecule has 14 nitrogen and oxygen atoms in total. The molecule has 1 atom stereocenters. The molecule has 1 aliphatic heterocycles. The van der Waals surface area contributed by atoms with E-state index in [1.165, 1.54) is 34.9 Å². The lowest BCUT2D eigenvalue weighted by atomic mass is 10.0. The van der Waals surface area contributed by atoms with Gasteiger partial charge in [0.25, 0.3) is 11.8 Å². The van der Waals surface area contributed by atoms with E-state index in [0.717, 1.165) is 36.0 Å². The number of benzene rings is 2. The molecule has 2 aromatic carbocycles. The van der Waals surface area contributed by atoms with Crippen molar-refractivity contribution >= 4 is 23.7 Å². The number of amides is 2. The highest BCUT2D eigenvalue weighted by Crippen LogP contribution is 2.28. The number of rotatable bonds is 9. The van der Waals surface area contributed by atoms with Crippen molar-refractivity contribution in [3.05, 3.63) is 152 Å². The first-order chi connectivity index (χ1) is 25.8. The third-order valence-electron chi connectivity index (χ3n) is 7.67. The van der Waals surface area contributed by atoms with Crippen molar-refractivity contribution in [2.45, 2.75) is 39.5 Å². The number of carbonyl (C=O) groups is 2. The predicted molar refractivity (Wildman–Crippen MR) is 185 cm³/mol. The minimum Gasteiger partial charge on any atom is -0.411 e. The molecule has 54 heavy (non-hydrogen) atoms. The van der Waals surface area contributed by atoms with Crippen molar-refractivity contribution in [2.24, 2.45) is 17.4 Å². The summed E-state index contributed by atoms with van der Waals surface area (Å²) in [5.41, 5.74) is 2.94. The second kappa shape index (κ2) is 17.1. The fraction of sp³-hybridized carbons (Fsp3) is 0.194. The highest BCUT2D eigenvalue weighted by Gasteiger charge is 2.26. The van der Waals surface area contributed by atoms with Crippen LogP contribution in [0, 0.1) is 37.1 Å². The van der Waals surface area contributed by atoms with Gasteiger partial charge in [-0.2, -0.15) is 0 Å². The number of pyridine rings is 1. The van der Waals surface area contributed by atoms with Crippen LogP contribution in [0.5, 0.6) is 0 Å². The number of oxime groups is 2. The van der Waals surface area contributed by atoms with Gasteiger partial charge in [0.05, 0.1) is 17.6 Å². The average molecular weight is 746 g/mol. The molecule has 0 radical (unpaired) electrons. The van der Waals surface area contributed by atoms with Crippen LogP contribution in [0.3, 0.4) is 0 Å². The Balaban J connectivity index is 0.000000223. The topological polar surface area (TPSA) is 186 Å². The molecule has 6 rings (SSSR count). The molecule has 278 valence electrons. The number of hydrogen-bond acceptors (Lipinski definition) is 11. The second-order valence-electron chi connectivity index (χ2n) is 11.8. The molecule has 2 amide bonds. The summed E-state index contributed by atoms with van der Waals surface area (Å²) in [6, 6.07) is 12.8. The van der Waals surface area contributed by atoms with Gasteiger partial charge in [0, 0.05) is 44.4 Å².